The number of carboxylic acids is 4. The summed E-state index contributed by atoms with van der Waals surface area (Å²) in [6, 6.07) is 3.62. The summed E-state index contributed by atoms with van der Waals surface area (Å²) in [7, 11) is 3.16. The highest BCUT2D eigenvalue weighted by Gasteiger charge is 2.26. The normalized spacial score (nSPS) is 15.3. The number of likely N-dealkylation sites (tertiary alicyclic amines) is 1. The molecule has 16 nitrogen and oxygen atoms in total. The SMILES string of the molecule is COc1cc2oc(=O)c3c(c2cc1OC)CCN(CCN1CCC(C(N)=O)CC1)C3.O=C(O)/C=C\C(=O)O.O=C(O)/C=C\C(=O)O. The molecule has 3 heterocycles. The van der Waals surface area contributed by atoms with Crippen LogP contribution in [0.4, 0.5) is 0 Å². The topological polar surface area (TPSA) is 247 Å². The smallest absolute Gasteiger partial charge is 0.341 e. The van der Waals surface area contributed by atoms with Gasteiger partial charge < -0.3 is 45.0 Å². The number of fused-ring (bicyclic) bond motifs is 3. The zero-order valence-corrected chi connectivity index (χ0v) is 25.3. The molecule has 16 heteroatoms. The van der Waals surface area contributed by atoms with Crippen LogP contribution in [0.25, 0.3) is 11.0 Å². The highest BCUT2D eigenvalue weighted by molar-refractivity contribution is 5.90. The van der Waals surface area contributed by atoms with Crippen LogP contribution in [0, 0.1) is 5.92 Å². The first-order chi connectivity index (χ1) is 21.7. The Kier molecular flexibility index (Phi) is 14.4. The lowest BCUT2D eigenvalue weighted by atomic mass is 9.96. The lowest BCUT2D eigenvalue weighted by Gasteiger charge is -2.34. The van der Waals surface area contributed by atoms with Crippen molar-refractivity contribution in [3.05, 3.63) is 58.0 Å². The second-order valence-electron chi connectivity index (χ2n) is 10.1. The van der Waals surface area contributed by atoms with Crippen LogP contribution in [0.15, 0.2) is 45.6 Å². The van der Waals surface area contributed by atoms with E-state index in [1.807, 2.05) is 6.07 Å². The molecule has 1 aromatic carbocycles. The van der Waals surface area contributed by atoms with Gasteiger partial charge in [0.05, 0.1) is 19.8 Å². The van der Waals surface area contributed by atoms with Gasteiger partial charge in [-0.05, 0) is 44.0 Å². The minimum atomic E-state index is -1.26. The molecule has 0 radical (unpaired) electrons. The third-order valence-corrected chi connectivity index (χ3v) is 7.14. The van der Waals surface area contributed by atoms with E-state index in [4.69, 9.17) is 40.1 Å². The van der Waals surface area contributed by atoms with Crippen molar-refractivity contribution >= 4 is 40.8 Å². The molecule has 2 aromatic rings. The van der Waals surface area contributed by atoms with Crippen molar-refractivity contribution < 1.29 is 58.3 Å². The number of methoxy groups -OCH3 is 2. The van der Waals surface area contributed by atoms with Crippen molar-refractivity contribution in [1.82, 2.24) is 9.80 Å². The Morgan fingerprint density at radius 1 is 0.804 bits per heavy atom. The summed E-state index contributed by atoms with van der Waals surface area (Å²) in [6.45, 7) is 5.06. The summed E-state index contributed by atoms with van der Waals surface area (Å²) in [5, 5.41) is 32.2. The van der Waals surface area contributed by atoms with Crippen LogP contribution in [0.2, 0.25) is 0 Å². The first-order valence-electron chi connectivity index (χ1n) is 14.0. The van der Waals surface area contributed by atoms with Crippen LogP contribution >= 0.6 is 0 Å². The van der Waals surface area contributed by atoms with Gasteiger partial charge in [-0.25, -0.2) is 24.0 Å². The second kappa shape index (κ2) is 17.9. The number of aliphatic carboxylic acids is 4. The van der Waals surface area contributed by atoms with Crippen molar-refractivity contribution in [3.8, 4) is 11.5 Å². The molecule has 0 aliphatic carbocycles. The van der Waals surface area contributed by atoms with Crippen molar-refractivity contribution in [2.24, 2.45) is 11.7 Å². The summed E-state index contributed by atoms with van der Waals surface area (Å²) in [5.41, 5.74) is 7.44. The molecule has 250 valence electrons. The molecule has 0 saturated carbocycles. The largest absolute Gasteiger partial charge is 0.493 e. The molecular weight excluding hydrogens is 610 g/mol. The van der Waals surface area contributed by atoms with Crippen LogP contribution in [0.3, 0.4) is 0 Å². The zero-order valence-electron chi connectivity index (χ0n) is 25.3. The number of hydrogen-bond donors (Lipinski definition) is 5. The van der Waals surface area contributed by atoms with Crippen LogP contribution in [0.5, 0.6) is 11.5 Å². The monoisotopic (exact) mass is 647 g/mol. The Hall–Kier alpha value is -5.22. The van der Waals surface area contributed by atoms with E-state index in [0.29, 0.717) is 47.9 Å². The average molecular weight is 648 g/mol. The maximum atomic E-state index is 12.7. The molecule has 0 atom stereocenters. The summed E-state index contributed by atoms with van der Waals surface area (Å²) in [6.07, 6.45) is 4.68. The number of carboxylic acid groups (broad SMARTS) is 4. The van der Waals surface area contributed by atoms with Gasteiger partial charge in [0.2, 0.25) is 5.91 Å². The van der Waals surface area contributed by atoms with Crippen LogP contribution in [0.1, 0.15) is 24.0 Å². The molecule has 1 aromatic heterocycles. The Morgan fingerprint density at radius 3 is 1.74 bits per heavy atom. The lowest BCUT2D eigenvalue weighted by molar-refractivity contribution is -0.134. The van der Waals surface area contributed by atoms with Gasteiger partial charge in [0.15, 0.2) is 11.5 Å². The van der Waals surface area contributed by atoms with E-state index in [0.717, 1.165) is 68.5 Å². The number of piperidine rings is 1. The highest BCUT2D eigenvalue weighted by atomic mass is 16.5. The Bertz CT molecular complexity index is 1470. The predicted molar refractivity (Wildman–Crippen MR) is 162 cm³/mol. The number of ether oxygens (including phenoxy) is 2. The molecule has 1 saturated heterocycles. The fourth-order valence-corrected chi connectivity index (χ4v) is 4.85. The first kappa shape index (κ1) is 37.0. The molecule has 1 fully saturated rings. The molecule has 6 N–H and O–H groups in total. The van der Waals surface area contributed by atoms with Gasteiger partial charge in [0.25, 0.3) is 0 Å². The summed E-state index contributed by atoms with van der Waals surface area (Å²) < 4.78 is 16.4. The number of rotatable bonds is 10. The quantitative estimate of drug-likeness (QED) is 0.177. The van der Waals surface area contributed by atoms with Crippen molar-refractivity contribution in [1.29, 1.82) is 0 Å². The number of benzene rings is 1. The Morgan fingerprint density at radius 2 is 1.28 bits per heavy atom. The van der Waals surface area contributed by atoms with Crippen molar-refractivity contribution in [3.63, 3.8) is 0 Å². The molecule has 2 aliphatic heterocycles. The van der Waals surface area contributed by atoms with Gasteiger partial charge in [-0.15, -0.1) is 0 Å². The van der Waals surface area contributed by atoms with Gasteiger partial charge in [0.1, 0.15) is 5.58 Å². The third kappa shape index (κ3) is 11.7. The van der Waals surface area contributed by atoms with E-state index in [2.05, 4.69) is 9.80 Å². The van der Waals surface area contributed by atoms with Crippen LogP contribution < -0.4 is 20.8 Å². The van der Waals surface area contributed by atoms with E-state index < -0.39 is 23.9 Å². The van der Waals surface area contributed by atoms with Crippen molar-refractivity contribution in [2.75, 3.05) is 46.9 Å². The molecule has 0 bridgehead atoms. The maximum Gasteiger partial charge on any atom is 0.341 e. The molecule has 46 heavy (non-hydrogen) atoms. The van der Waals surface area contributed by atoms with E-state index >= 15 is 0 Å². The van der Waals surface area contributed by atoms with Crippen molar-refractivity contribution in [2.45, 2.75) is 25.8 Å². The summed E-state index contributed by atoms with van der Waals surface area (Å²) in [5.74, 6) is -4.03. The number of hydrogen-bond acceptors (Lipinski definition) is 11. The molecule has 1 amide bonds. The molecular formula is C30H37N3O13. The molecule has 2 aliphatic rings. The van der Waals surface area contributed by atoms with E-state index in [9.17, 15) is 28.8 Å². The van der Waals surface area contributed by atoms with Crippen LogP contribution in [-0.4, -0.2) is 107 Å². The number of amides is 1. The minimum Gasteiger partial charge on any atom is -0.493 e. The van der Waals surface area contributed by atoms with Gasteiger partial charge in [0, 0.05) is 67.9 Å². The van der Waals surface area contributed by atoms with E-state index in [1.54, 1.807) is 20.3 Å². The fourth-order valence-electron chi connectivity index (χ4n) is 4.85. The molecule has 0 unspecified atom stereocenters. The van der Waals surface area contributed by atoms with Crippen LogP contribution in [-0.2, 0) is 36.9 Å². The lowest BCUT2D eigenvalue weighted by Crippen LogP contribution is -2.43. The van der Waals surface area contributed by atoms with Gasteiger partial charge in [-0.2, -0.15) is 0 Å². The summed E-state index contributed by atoms with van der Waals surface area (Å²) in [4.78, 5) is 66.9. The second-order valence-corrected chi connectivity index (χ2v) is 10.1. The van der Waals surface area contributed by atoms with Gasteiger partial charge >= 0.3 is 29.5 Å². The third-order valence-electron chi connectivity index (χ3n) is 7.14. The van der Waals surface area contributed by atoms with Gasteiger partial charge in [-0.3, -0.25) is 9.69 Å². The fraction of sp³-hybridized carbons (Fsp3) is 0.400. The number of primary amides is 1. The molecule has 0 spiro atoms. The number of carbonyl (C=O) groups excluding carboxylic acids is 1. The highest BCUT2D eigenvalue weighted by Crippen LogP contribution is 2.35. The standard InChI is InChI=1S/C22H29N3O5.2C4H4O4/c1-28-19-11-16-15-5-8-25(10-9-24-6-3-14(4-7-24)21(23)26)13-17(15)22(27)30-18(16)12-20(19)29-2;2*5-3(6)1-2-4(7)8/h11-12,14H,3-10,13H2,1-2H3,(H2,23,26);2*1-2H,(H,5,6)(H,7,8)/b;2*2-1-. The summed E-state index contributed by atoms with van der Waals surface area (Å²) >= 11 is 0. The number of nitrogens with two attached hydrogens (primary N) is 1. The first-order valence-corrected chi connectivity index (χ1v) is 14.0. The minimum absolute atomic E-state index is 0.0108. The zero-order chi connectivity index (χ0) is 34.4. The van der Waals surface area contributed by atoms with Gasteiger partial charge in [-0.1, -0.05) is 0 Å². The number of carbonyl (C=O) groups is 5. The molecule has 4 rings (SSSR count). The average Bonchev–Trinajstić information content (AvgIpc) is 3.02. The van der Waals surface area contributed by atoms with E-state index in [1.165, 1.54) is 0 Å². The maximum absolute atomic E-state index is 12.7. The predicted octanol–water partition coefficient (Wildman–Crippen LogP) is 0.789. The number of nitrogens with zero attached hydrogens (tertiary/aromatic N) is 2. The Balaban J connectivity index is 0.000000381. The van der Waals surface area contributed by atoms with E-state index in [-0.39, 0.29) is 17.5 Å². The Labute approximate surface area is 262 Å².